The number of ether oxygens (including phenoxy) is 2. The molecule has 0 fully saturated rings. The predicted octanol–water partition coefficient (Wildman–Crippen LogP) is 2.78. The summed E-state index contributed by atoms with van der Waals surface area (Å²) in [5, 5.41) is 11.1. The van der Waals surface area contributed by atoms with Crippen LogP contribution in [0, 0.1) is 15.9 Å². The lowest BCUT2D eigenvalue weighted by atomic mass is 10.1. The molecule has 0 amide bonds. The van der Waals surface area contributed by atoms with E-state index in [2.05, 4.69) is 4.74 Å². The minimum atomic E-state index is -0.732. The summed E-state index contributed by atoms with van der Waals surface area (Å²) >= 11 is 0. The molecule has 0 bridgehead atoms. The predicted molar refractivity (Wildman–Crippen MR) is 80.7 cm³/mol. The summed E-state index contributed by atoms with van der Waals surface area (Å²) in [5.74, 6) is -1.85. The molecule has 0 spiro atoms. The Labute approximate surface area is 135 Å². The van der Waals surface area contributed by atoms with Crippen molar-refractivity contribution in [1.29, 1.82) is 0 Å². The highest BCUT2D eigenvalue weighted by Gasteiger charge is 2.20. The second-order valence-corrected chi connectivity index (χ2v) is 4.65. The van der Waals surface area contributed by atoms with E-state index in [4.69, 9.17) is 4.74 Å². The molecule has 0 atom stereocenters. The maximum absolute atomic E-state index is 12.8. The zero-order valence-corrected chi connectivity index (χ0v) is 12.5. The van der Waals surface area contributed by atoms with Crippen LogP contribution in [-0.2, 0) is 4.74 Å². The first-order chi connectivity index (χ1) is 11.4. The molecule has 0 aliphatic heterocycles. The second kappa shape index (κ2) is 7.32. The topological polar surface area (TPSA) is 95.7 Å². The number of halogens is 1. The Morgan fingerprint density at radius 3 is 2.33 bits per heavy atom. The molecule has 0 N–H and O–H groups in total. The molecule has 2 rings (SSSR count). The summed E-state index contributed by atoms with van der Waals surface area (Å²) in [7, 11) is 1.15. The number of nitro groups is 1. The summed E-state index contributed by atoms with van der Waals surface area (Å²) in [5.41, 5.74) is -0.267. The molecule has 0 aliphatic rings. The second-order valence-electron chi connectivity index (χ2n) is 4.65. The number of benzene rings is 2. The fraction of sp³-hybridized carbons (Fsp3) is 0.125. The highest BCUT2D eigenvalue weighted by Crippen LogP contribution is 2.28. The number of hydrogen-bond acceptors (Lipinski definition) is 6. The molecule has 124 valence electrons. The first-order valence-corrected chi connectivity index (χ1v) is 6.70. The molecular weight excluding hydrogens is 321 g/mol. The maximum atomic E-state index is 12.8. The van der Waals surface area contributed by atoms with Crippen molar-refractivity contribution in [2.45, 2.75) is 0 Å². The Bertz CT molecular complexity index is 788. The third-order valence-corrected chi connectivity index (χ3v) is 3.10. The van der Waals surface area contributed by atoms with Gasteiger partial charge in [-0.1, -0.05) is 0 Å². The number of rotatable bonds is 6. The minimum Gasteiger partial charge on any atom is -0.478 e. The average Bonchev–Trinajstić information content (AvgIpc) is 2.59. The van der Waals surface area contributed by atoms with Crippen LogP contribution in [0.4, 0.5) is 10.1 Å². The van der Waals surface area contributed by atoms with E-state index in [1.165, 1.54) is 24.3 Å². The Kier molecular flexibility index (Phi) is 5.20. The maximum Gasteiger partial charge on any atom is 0.338 e. The molecule has 7 nitrogen and oxygen atoms in total. The van der Waals surface area contributed by atoms with Gasteiger partial charge >= 0.3 is 11.7 Å². The van der Waals surface area contributed by atoms with Crippen LogP contribution in [0.3, 0.4) is 0 Å². The standard InChI is InChI=1S/C16H12FNO6/c1-23-16(20)11-4-7-15(13(8-11)18(21)22)24-9-14(19)10-2-5-12(17)6-3-10/h2-8H,9H2,1H3. The molecule has 0 aliphatic carbocycles. The van der Waals surface area contributed by atoms with E-state index in [9.17, 15) is 24.1 Å². The summed E-state index contributed by atoms with van der Waals surface area (Å²) in [6, 6.07) is 8.33. The number of methoxy groups -OCH3 is 1. The normalized spacial score (nSPS) is 10.1. The molecule has 0 heterocycles. The first-order valence-electron chi connectivity index (χ1n) is 6.70. The van der Waals surface area contributed by atoms with Gasteiger partial charge in [-0.05, 0) is 36.4 Å². The zero-order valence-electron chi connectivity index (χ0n) is 12.5. The smallest absolute Gasteiger partial charge is 0.338 e. The highest BCUT2D eigenvalue weighted by atomic mass is 19.1. The lowest BCUT2D eigenvalue weighted by Gasteiger charge is -2.07. The Hall–Kier alpha value is -3.29. The van der Waals surface area contributed by atoms with Crippen molar-refractivity contribution < 1.29 is 28.4 Å². The van der Waals surface area contributed by atoms with Crippen molar-refractivity contribution in [3.63, 3.8) is 0 Å². The van der Waals surface area contributed by atoms with Gasteiger partial charge in [-0.15, -0.1) is 0 Å². The number of ketones is 1. The van der Waals surface area contributed by atoms with Crippen LogP contribution >= 0.6 is 0 Å². The number of nitro benzene ring substituents is 1. The van der Waals surface area contributed by atoms with Crippen molar-refractivity contribution >= 4 is 17.4 Å². The summed E-state index contributed by atoms with van der Waals surface area (Å²) in [6.45, 7) is -0.468. The van der Waals surface area contributed by atoms with E-state index >= 15 is 0 Å². The van der Waals surface area contributed by atoms with Gasteiger partial charge in [0, 0.05) is 11.6 Å². The largest absolute Gasteiger partial charge is 0.478 e. The van der Waals surface area contributed by atoms with Crippen LogP contribution < -0.4 is 4.74 Å². The number of carbonyl (C=O) groups is 2. The lowest BCUT2D eigenvalue weighted by Crippen LogP contribution is -2.12. The summed E-state index contributed by atoms with van der Waals surface area (Å²) in [4.78, 5) is 33.7. The molecular formula is C16H12FNO6. The van der Waals surface area contributed by atoms with E-state index in [1.54, 1.807) is 0 Å². The SMILES string of the molecule is COC(=O)c1ccc(OCC(=O)c2ccc(F)cc2)c([N+](=O)[O-])c1. The molecule has 2 aromatic rings. The van der Waals surface area contributed by atoms with Crippen LogP contribution in [0.1, 0.15) is 20.7 Å². The van der Waals surface area contributed by atoms with Crippen LogP contribution in [-0.4, -0.2) is 30.4 Å². The zero-order chi connectivity index (χ0) is 17.7. The lowest BCUT2D eigenvalue weighted by molar-refractivity contribution is -0.385. The van der Waals surface area contributed by atoms with Gasteiger partial charge in [-0.25, -0.2) is 9.18 Å². The average molecular weight is 333 g/mol. The number of hydrogen-bond donors (Lipinski definition) is 0. The third kappa shape index (κ3) is 3.92. The van der Waals surface area contributed by atoms with Crippen molar-refractivity contribution in [1.82, 2.24) is 0 Å². The van der Waals surface area contributed by atoms with Gasteiger partial charge < -0.3 is 9.47 Å². The van der Waals surface area contributed by atoms with E-state index in [0.29, 0.717) is 0 Å². The van der Waals surface area contributed by atoms with Crippen LogP contribution in [0.2, 0.25) is 0 Å². The highest BCUT2D eigenvalue weighted by molar-refractivity contribution is 5.97. The van der Waals surface area contributed by atoms with Crippen molar-refractivity contribution in [3.05, 3.63) is 69.5 Å². The molecule has 0 saturated heterocycles. The fourth-order valence-corrected chi connectivity index (χ4v) is 1.89. The Morgan fingerprint density at radius 2 is 1.75 bits per heavy atom. The van der Waals surface area contributed by atoms with Crippen LogP contribution in [0.25, 0.3) is 0 Å². The van der Waals surface area contributed by atoms with Gasteiger partial charge in [0.25, 0.3) is 0 Å². The quantitative estimate of drug-likeness (QED) is 0.349. The van der Waals surface area contributed by atoms with Crippen LogP contribution in [0.5, 0.6) is 5.75 Å². The van der Waals surface area contributed by atoms with E-state index in [0.717, 1.165) is 25.3 Å². The molecule has 8 heteroatoms. The van der Waals surface area contributed by atoms with Gasteiger partial charge in [0.15, 0.2) is 18.1 Å². The molecule has 0 radical (unpaired) electrons. The van der Waals surface area contributed by atoms with E-state index < -0.39 is 34.8 Å². The van der Waals surface area contributed by atoms with Gasteiger partial charge in [0.05, 0.1) is 17.6 Å². The van der Waals surface area contributed by atoms with Crippen molar-refractivity contribution in [2.75, 3.05) is 13.7 Å². The van der Waals surface area contributed by atoms with E-state index in [-0.39, 0.29) is 16.9 Å². The van der Waals surface area contributed by atoms with Crippen molar-refractivity contribution in [2.24, 2.45) is 0 Å². The van der Waals surface area contributed by atoms with Crippen LogP contribution in [0.15, 0.2) is 42.5 Å². The van der Waals surface area contributed by atoms with E-state index in [1.807, 2.05) is 0 Å². The Morgan fingerprint density at radius 1 is 1.12 bits per heavy atom. The monoisotopic (exact) mass is 333 g/mol. The number of carbonyl (C=O) groups excluding carboxylic acids is 2. The molecule has 24 heavy (non-hydrogen) atoms. The molecule has 2 aromatic carbocycles. The van der Waals surface area contributed by atoms with Gasteiger partial charge in [-0.2, -0.15) is 0 Å². The third-order valence-electron chi connectivity index (χ3n) is 3.10. The van der Waals surface area contributed by atoms with Gasteiger partial charge in [0.2, 0.25) is 0 Å². The fourth-order valence-electron chi connectivity index (χ4n) is 1.89. The molecule has 0 unspecified atom stereocenters. The van der Waals surface area contributed by atoms with Gasteiger partial charge in [-0.3, -0.25) is 14.9 Å². The first kappa shape index (κ1) is 17.1. The number of esters is 1. The Balaban J connectivity index is 2.17. The number of nitrogens with zero attached hydrogens (tertiary/aromatic N) is 1. The van der Waals surface area contributed by atoms with Crippen molar-refractivity contribution in [3.8, 4) is 5.75 Å². The minimum absolute atomic E-state index is 0.0126. The van der Waals surface area contributed by atoms with Gasteiger partial charge in [0.1, 0.15) is 5.82 Å². The summed E-state index contributed by atoms with van der Waals surface area (Å²) in [6.07, 6.45) is 0. The summed E-state index contributed by atoms with van der Waals surface area (Å²) < 4.78 is 22.5. The molecule has 0 aromatic heterocycles. The molecule has 0 saturated carbocycles. The number of Topliss-reactive ketones (excluding diaryl/α,β-unsaturated/α-hetero) is 1.